The number of carbonyl (C=O) groups excluding carboxylic acids is 2. The molecular weight excluding hydrogens is 567 g/mol. The minimum atomic E-state index is -1.59. The Hall–Kier alpha value is -4.35. The van der Waals surface area contributed by atoms with E-state index in [1.165, 1.54) is 19.2 Å². The van der Waals surface area contributed by atoms with Crippen molar-refractivity contribution in [3.05, 3.63) is 71.3 Å². The molecule has 0 radical (unpaired) electrons. The van der Waals surface area contributed by atoms with Gasteiger partial charge < -0.3 is 25.0 Å². The highest BCUT2D eigenvalue weighted by molar-refractivity contribution is 6.01. The third kappa shape index (κ3) is 6.02. The third-order valence-corrected chi connectivity index (χ3v) is 7.99. The minimum absolute atomic E-state index is 0.00135. The van der Waals surface area contributed by atoms with Crippen molar-refractivity contribution in [2.45, 2.75) is 57.2 Å². The second kappa shape index (κ2) is 11.3. The molecule has 1 amide bonds. The van der Waals surface area contributed by atoms with Crippen LogP contribution in [0.4, 0.5) is 4.39 Å². The van der Waals surface area contributed by atoms with E-state index in [-0.39, 0.29) is 43.4 Å². The Morgan fingerprint density at radius 3 is 2.52 bits per heavy atom. The van der Waals surface area contributed by atoms with Crippen molar-refractivity contribution in [3.8, 4) is 22.8 Å². The van der Waals surface area contributed by atoms with Gasteiger partial charge in [0.1, 0.15) is 46.1 Å². The molecule has 44 heavy (non-hydrogen) atoms. The number of rotatable bonds is 10. The standard InChI is InChI=1S/C33H37FN4O6/c1-31(2,41)17-35-30(40)32(3)18-44-29-23(32)15-26(36-28(29)19-7-9-22(34)10-8-19)33(4,42)12-11-24(39)20-13-21-16-38(5)37-27(21)25(14-20)43-6/h7-10,13-16,41-42H,11-12,17-18H2,1-6H3,(H,35,40)/t32-,33-/m0/s1. The molecule has 0 bridgehead atoms. The van der Waals surface area contributed by atoms with Crippen LogP contribution in [0.2, 0.25) is 0 Å². The number of nitrogens with zero attached hydrogens (tertiary/aromatic N) is 3. The first-order chi connectivity index (χ1) is 20.6. The third-order valence-electron chi connectivity index (χ3n) is 7.99. The van der Waals surface area contributed by atoms with Gasteiger partial charge in [0.2, 0.25) is 5.91 Å². The summed E-state index contributed by atoms with van der Waals surface area (Å²) in [5.74, 6) is -0.164. The molecule has 0 spiro atoms. The summed E-state index contributed by atoms with van der Waals surface area (Å²) in [6.07, 6.45) is 1.82. The molecule has 3 heterocycles. The average Bonchev–Trinajstić information content (AvgIpc) is 3.53. The van der Waals surface area contributed by atoms with Gasteiger partial charge in [0, 0.05) is 48.3 Å². The molecule has 5 rings (SSSR count). The number of hydrogen-bond acceptors (Lipinski definition) is 8. The quantitative estimate of drug-likeness (QED) is 0.229. The fraction of sp³-hybridized carbons (Fsp3) is 0.394. The van der Waals surface area contributed by atoms with Crippen molar-refractivity contribution in [3.63, 3.8) is 0 Å². The molecule has 0 aliphatic carbocycles. The van der Waals surface area contributed by atoms with Crippen LogP contribution >= 0.6 is 0 Å². The SMILES string of the molecule is COc1cc(C(=O)CC[C@](C)(O)c2cc3c(c(-c4ccc(F)cc4)n2)OC[C@]3(C)C(=O)NCC(C)(C)O)cc2cn(C)nc12. The van der Waals surface area contributed by atoms with Gasteiger partial charge in [-0.25, -0.2) is 9.37 Å². The van der Waals surface area contributed by atoms with E-state index < -0.39 is 22.4 Å². The monoisotopic (exact) mass is 604 g/mol. The fourth-order valence-electron chi connectivity index (χ4n) is 5.31. The Morgan fingerprint density at radius 2 is 1.86 bits per heavy atom. The van der Waals surface area contributed by atoms with Crippen LogP contribution in [0.25, 0.3) is 22.2 Å². The molecule has 1 aliphatic heterocycles. The number of halogens is 1. The van der Waals surface area contributed by atoms with E-state index in [2.05, 4.69) is 10.4 Å². The summed E-state index contributed by atoms with van der Waals surface area (Å²) in [7, 11) is 3.30. The number of ketones is 1. The van der Waals surface area contributed by atoms with E-state index >= 15 is 0 Å². The molecule has 0 saturated carbocycles. The number of fused-ring (bicyclic) bond motifs is 2. The van der Waals surface area contributed by atoms with Crippen molar-refractivity contribution >= 4 is 22.6 Å². The number of benzene rings is 2. The lowest BCUT2D eigenvalue weighted by atomic mass is 9.81. The minimum Gasteiger partial charge on any atom is -0.494 e. The molecule has 2 aromatic heterocycles. The Balaban J connectivity index is 1.49. The van der Waals surface area contributed by atoms with Crippen LogP contribution in [0.3, 0.4) is 0 Å². The molecule has 0 unspecified atom stereocenters. The maximum atomic E-state index is 13.8. The lowest BCUT2D eigenvalue weighted by molar-refractivity contribution is -0.127. The number of aliphatic hydroxyl groups is 2. The largest absolute Gasteiger partial charge is 0.494 e. The number of ether oxygens (including phenoxy) is 2. The van der Waals surface area contributed by atoms with Gasteiger partial charge in [-0.15, -0.1) is 0 Å². The second-order valence-corrected chi connectivity index (χ2v) is 12.5. The van der Waals surface area contributed by atoms with E-state index in [0.717, 1.165) is 5.39 Å². The number of aryl methyl sites for hydroxylation is 1. The van der Waals surface area contributed by atoms with Gasteiger partial charge in [0.25, 0.3) is 0 Å². The molecule has 0 fully saturated rings. The first kappa shape index (κ1) is 31.1. The van der Waals surface area contributed by atoms with Gasteiger partial charge >= 0.3 is 0 Å². The average molecular weight is 605 g/mol. The zero-order valence-electron chi connectivity index (χ0n) is 25.7. The summed E-state index contributed by atoms with van der Waals surface area (Å²) >= 11 is 0. The summed E-state index contributed by atoms with van der Waals surface area (Å²) in [5.41, 5.74) is -1.21. The Morgan fingerprint density at radius 1 is 1.16 bits per heavy atom. The van der Waals surface area contributed by atoms with Crippen LogP contribution in [0, 0.1) is 5.82 Å². The predicted molar refractivity (Wildman–Crippen MR) is 162 cm³/mol. The maximum Gasteiger partial charge on any atom is 0.234 e. The first-order valence-electron chi connectivity index (χ1n) is 14.3. The maximum absolute atomic E-state index is 13.8. The van der Waals surface area contributed by atoms with Crippen molar-refractivity contribution in [1.29, 1.82) is 0 Å². The van der Waals surface area contributed by atoms with Gasteiger partial charge in [-0.05, 0) is 76.6 Å². The number of methoxy groups -OCH3 is 1. The Labute approximate surface area is 254 Å². The van der Waals surface area contributed by atoms with Crippen LogP contribution in [0.5, 0.6) is 11.5 Å². The van der Waals surface area contributed by atoms with Gasteiger partial charge in [-0.3, -0.25) is 14.3 Å². The number of carbonyl (C=O) groups is 2. The Bertz CT molecular complexity index is 1740. The van der Waals surface area contributed by atoms with Crippen LogP contribution in [-0.2, 0) is 22.9 Å². The van der Waals surface area contributed by atoms with Crippen LogP contribution in [-0.4, -0.2) is 62.5 Å². The number of hydrogen-bond donors (Lipinski definition) is 3. The van der Waals surface area contributed by atoms with E-state index in [1.807, 2.05) is 0 Å². The highest BCUT2D eigenvalue weighted by Crippen LogP contribution is 2.46. The lowest BCUT2D eigenvalue weighted by Gasteiger charge is -2.27. The molecule has 2 atom stereocenters. The molecule has 1 aliphatic rings. The number of pyridine rings is 1. The molecule has 2 aromatic carbocycles. The van der Waals surface area contributed by atoms with E-state index in [4.69, 9.17) is 14.5 Å². The number of Topliss-reactive ketones (excluding diaryl/α,β-unsaturated/α-hetero) is 1. The normalized spacial score (nSPS) is 17.6. The van der Waals surface area contributed by atoms with Gasteiger partial charge in [0.05, 0.1) is 18.4 Å². The Kier molecular flexibility index (Phi) is 7.98. The topological polar surface area (TPSA) is 136 Å². The van der Waals surface area contributed by atoms with E-state index in [1.54, 1.807) is 76.0 Å². The molecule has 10 nitrogen and oxygen atoms in total. The van der Waals surface area contributed by atoms with Crippen molar-refractivity contribution in [1.82, 2.24) is 20.1 Å². The fourth-order valence-corrected chi connectivity index (χ4v) is 5.31. The van der Waals surface area contributed by atoms with Crippen LogP contribution in [0.15, 0.2) is 48.7 Å². The lowest BCUT2D eigenvalue weighted by Crippen LogP contribution is -2.48. The summed E-state index contributed by atoms with van der Waals surface area (Å²) in [4.78, 5) is 31.5. The van der Waals surface area contributed by atoms with Crippen molar-refractivity contribution in [2.24, 2.45) is 7.05 Å². The van der Waals surface area contributed by atoms with Crippen LogP contribution in [0.1, 0.15) is 62.2 Å². The molecule has 4 aromatic rings. The van der Waals surface area contributed by atoms with Crippen LogP contribution < -0.4 is 14.8 Å². The molecular formula is C33H37FN4O6. The predicted octanol–water partition coefficient (Wildman–Crippen LogP) is 4.19. The molecule has 11 heteroatoms. The van der Waals surface area contributed by atoms with Gasteiger partial charge in [0.15, 0.2) is 5.78 Å². The summed E-state index contributed by atoms with van der Waals surface area (Å²) in [6.45, 7) is 6.49. The number of amides is 1. The smallest absolute Gasteiger partial charge is 0.234 e. The number of aromatic nitrogens is 3. The zero-order valence-corrected chi connectivity index (χ0v) is 25.7. The summed E-state index contributed by atoms with van der Waals surface area (Å²) < 4.78 is 26.9. The van der Waals surface area contributed by atoms with E-state index in [0.29, 0.717) is 39.4 Å². The van der Waals surface area contributed by atoms with Gasteiger partial charge in [-0.1, -0.05) is 0 Å². The summed E-state index contributed by atoms with van der Waals surface area (Å²) in [6, 6.07) is 10.7. The number of nitrogens with one attached hydrogen (secondary N) is 1. The summed E-state index contributed by atoms with van der Waals surface area (Å²) in [5, 5.41) is 29.8. The molecule has 3 N–H and O–H groups in total. The molecule has 0 saturated heterocycles. The van der Waals surface area contributed by atoms with E-state index in [9.17, 15) is 24.2 Å². The second-order valence-electron chi connectivity index (χ2n) is 12.5. The first-order valence-corrected chi connectivity index (χ1v) is 14.3. The zero-order chi connectivity index (χ0) is 32.0. The highest BCUT2D eigenvalue weighted by Gasteiger charge is 2.46. The van der Waals surface area contributed by atoms with Gasteiger partial charge in [-0.2, -0.15) is 5.10 Å². The van der Waals surface area contributed by atoms with Crippen molar-refractivity contribution < 1.29 is 33.7 Å². The molecule has 232 valence electrons. The highest BCUT2D eigenvalue weighted by atomic mass is 19.1. The van der Waals surface area contributed by atoms with Crippen molar-refractivity contribution in [2.75, 3.05) is 20.3 Å².